The summed E-state index contributed by atoms with van der Waals surface area (Å²) < 4.78 is 11.3. The first-order valence-electron chi connectivity index (χ1n) is 7.22. The van der Waals surface area contributed by atoms with E-state index < -0.39 is 0 Å². The van der Waals surface area contributed by atoms with Crippen LogP contribution in [0.1, 0.15) is 23.1 Å². The predicted molar refractivity (Wildman–Crippen MR) is 84.1 cm³/mol. The molecule has 0 saturated carbocycles. The fourth-order valence-electron chi connectivity index (χ4n) is 3.36. The maximum Gasteiger partial charge on any atom is 0.126 e. The first kappa shape index (κ1) is 15.3. The van der Waals surface area contributed by atoms with Crippen LogP contribution in [0.5, 0.6) is 0 Å². The normalized spacial score (nSPS) is 26.8. The molecule has 1 aromatic rings. The smallest absolute Gasteiger partial charge is 0.126 e. The quantitative estimate of drug-likeness (QED) is 0.858. The Balaban J connectivity index is 2.03. The molecule has 0 radical (unpaired) electrons. The molecule has 0 bridgehead atoms. The molecule has 3 atom stereocenters. The molecule has 3 rings (SSSR count). The van der Waals surface area contributed by atoms with Crippen LogP contribution in [0.4, 0.5) is 0 Å². The maximum atomic E-state index is 9.08. The van der Waals surface area contributed by atoms with Gasteiger partial charge in [0.2, 0.25) is 0 Å². The first-order chi connectivity index (χ1) is 10.6. The third-order valence-electron chi connectivity index (χ3n) is 4.52. The standard InChI is InChI=1S/C16H18ClN3O2/c1-9-11(5-4-10(8-18)13(9)17)14-16(22-3)15-12(21-2)6-7-20(15)19-14/h4-5,12,15-16H,6-7H2,1-3H3/t12-,15+,16-/m1/s1. The number of ether oxygens (including phenoxy) is 2. The Labute approximate surface area is 135 Å². The molecule has 116 valence electrons. The topological polar surface area (TPSA) is 57.8 Å². The van der Waals surface area contributed by atoms with Gasteiger partial charge in [-0.1, -0.05) is 17.7 Å². The van der Waals surface area contributed by atoms with Crippen molar-refractivity contribution >= 4 is 17.3 Å². The van der Waals surface area contributed by atoms with Crippen LogP contribution in [0.3, 0.4) is 0 Å². The van der Waals surface area contributed by atoms with Crippen molar-refractivity contribution in [3.05, 3.63) is 33.8 Å². The van der Waals surface area contributed by atoms with Gasteiger partial charge in [0, 0.05) is 26.3 Å². The zero-order valence-corrected chi connectivity index (χ0v) is 13.6. The average Bonchev–Trinajstić information content (AvgIpc) is 3.08. The van der Waals surface area contributed by atoms with Gasteiger partial charge < -0.3 is 9.47 Å². The van der Waals surface area contributed by atoms with Crippen molar-refractivity contribution in [3.8, 4) is 6.07 Å². The van der Waals surface area contributed by atoms with E-state index >= 15 is 0 Å². The Bertz CT molecular complexity index is 668. The molecule has 1 aromatic carbocycles. The SMILES string of the molecule is CO[C@@H]1C(c2ccc(C#N)c(Cl)c2C)=NN2CC[C@@H](OC)[C@@H]12. The third-order valence-corrected chi connectivity index (χ3v) is 5.01. The lowest BCUT2D eigenvalue weighted by molar-refractivity contribution is 0.0153. The van der Waals surface area contributed by atoms with Crippen LogP contribution in [0, 0.1) is 18.3 Å². The van der Waals surface area contributed by atoms with E-state index in [0.29, 0.717) is 10.6 Å². The molecule has 0 unspecified atom stereocenters. The summed E-state index contributed by atoms with van der Waals surface area (Å²) in [7, 11) is 3.41. The van der Waals surface area contributed by atoms with Crippen LogP contribution in [0.25, 0.3) is 0 Å². The minimum Gasteiger partial charge on any atom is -0.379 e. The summed E-state index contributed by atoms with van der Waals surface area (Å²) in [5.41, 5.74) is 3.13. The van der Waals surface area contributed by atoms with Gasteiger partial charge in [0.25, 0.3) is 0 Å². The van der Waals surface area contributed by atoms with Crippen molar-refractivity contribution in [2.75, 3.05) is 20.8 Å². The number of benzene rings is 1. The molecule has 1 saturated heterocycles. The zero-order chi connectivity index (χ0) is 15.9. The Morgan fingerprint density at radius 1 is 1.36 bits per heavy atom. The minimum absolute atomic E-state index is 0.0961. The Hall–Kier alpha value is -1.61. The lowest BCUT2D eigenvalue weighted by Crippen LogP contribution is -2.42. The Kier molecular flexibility index (Phi) is 4.09. The Morgan fingerprint density at radius 2 is 2.14 bits per heavy atom. The van der Waals surface area contributed by atoms with Gasteiger partial charge in [-0.3, -0.25) is 5.01 Å². The maximum absolute atomic E-state index is 9.08. The summed E-state index contributed by atoms with van der Waals surface area (Å²) in [6.45, 7) is 2.76. The third kappa shape index (κ3) is 2.19. The average molecular weight is 320 g/mol. The number of hydrogen-bond acceptors (Lipinski definition) is 5. The van der Waals surface area contributed by atoms with Crippen molar-refractivity contribution in [1.29, 1.82) is 5.26 Å². The van der Waals surface area contributed by atoms with Crippen LogP contribution in [-0.4, -0.2) is 49.7 Å². The molecule has 0 aliphatic carbocycles. The summed E-state index contributed by atoms with van der Waals surface area (Å²) in [6.07, 6.45) is 0.903. The molecule has 0 N–H and O–H groups in total. The second kappa shape index (κ2) is 5.88. The zero-order valence-electron chi connectivity index (χ0n) is 12.8. The van der Waals surface area contributed by atoms with E-state index in [-0.39, 0.29) is 18.2 Å². The van der Waals surface area contributed by atoms with E-state index in [1.165, 1.54) is 0 Å². The second-order valence-electron chi connectivity index (χ2n) is 5.57. The summed E-state index contributed by atoms with van der Waals surface area (Å²) in [5, 5.41) is 16.3. The van der Waals surface area contributed by atoms with E-state index in [2.05, 4.69) is 6.07 Å². The molecular weight excluding hydrogens is 302 g/mol. The number of nitriles is 1. The summed E-state index contributed by atoms with van der Waals surface area (Å²) in [5.74, 6) is 0. The molecule has 6 heteroatoms. The largest absolute Gasteiger partial charge is 0.379 e. The molecule has 2 heterocycles. The molecule has 1 fully saturated rings. The van der Waals surface area contributed by atoms with E-state index in [1.54, 1.807) is 20.3 Å². The van der Waals surface area contributed by atoms with Crippen molar-refractivity contribution in [1.82, 2.24) is 5.01 Å². The van der Waals surface area contributed by atoms with E-state index in [4.69, 9.17) is 31.4 Å². The van der Waals surface area contributed by atoms with Gasteiger partial charge in [-0.05, 0) is 25.0 Å². The van der Waals surface area contributed by atoms with Gasteiger partial charge >= 0.3 is 0 Å². The predicted octanol–water partition coefficient (Wildman–Crippen LogP) is 2.34. The van der Waals surface area contributed by atoms with Gasteiger partial charge in [-0.2, -0.15) is 10.4 Å². The van der Waals surface area contributed by atoms with Crippen LogP contribution < -0.4 is 0 Å². The van der Waals surface area contributed by atoms with Gasteiger partial charge in [0.15, 0.2) is 0 Å². The highest BCUT2D eigenvalue weighted by atomic mass is 35.5. The monoisotopic (exact) mass is 319 g/mol. The number of rotatable bonds is 3. The van der Waals surface area contributed by atoms with Crippen LogP contribution in [0.2, 0.25) is 5.02 Å². The highest BCUT2D eigenvalue weighted by molar-refractivity contribution is 6.33. The minimum atomic E-state index is -0.157. The van der Waals surface area contributed by atoms with E-state index in [1.807, 2.05) is 18.0 Å². The molecule has 2 aliphatic heterocycles. The number of nitrogens with zero attached hydrogens (tertiary/aromatic N) is 3. The molecule has 0 spiro atoms. The summed E-state index contributed by atoms with van der Waals surface area (Å²) >= 11 is 6.29. The van der Waals surface area contributed by atoms with Gasteiger partial charge in [0.1, 0.15) is 18.2 Å². The van der Waals surface area contributed by atoms with Crippen molar-refractivity contribution in [3.63, 3.8) is 0 Å². The molecule has 0 aromatic heterocycles. The van der Waals surface area contributed by atoms with E-state index in [9.17, 15) is 0 Å². The number of hydrogen-bond donors (Lipinski definition) is 0. The fourth-order valence-corrected chi connectivity index (χ4v) is 3.57. The number of fused-ring (bicyclic) bond motifs is 1. The highest BCUT2D eigenvalue weighted by Gasteiger charge is 2.47. The summed E-state index contributed by atoms with van der Waals surface area (Å²) in [4.78, 5) is 0. The molecule has 22 heavy (non-hydrogen) atoms. The van der Waals surface area contributed by atoms with Crippen LogP contribution in [0.15, 0.2) is 17.2 Å². The first-order valence-corrected chi connectivity index (χ1v) is 7.60. The van der Waals surface area contributed by atoms with Gasteiger partial charge in [-0.25, -0.2) is 0 Å². The molecular formula is C16H18ClN3O2. The van der Waals surface area contributed by atoms with Gasteiger partial charge in [0.05, 0.1) is 22.4 Å². The van der Waals surface area contributed by atoms with Crippen LogP contribution >= 0.6 is 11.6 Å². The van der Waals surface area contributed by atoms with Crippen molar-refractivity contribution in [2.45, 2.75) is 31.6 Å². The molecule has 5 nitrogen and oxygen atoms in total. The van der Waals surface area contributed by atoms with Crippen molar-refractivity contribution in [2.24, 2.45) is 5.10 Å². The molecule has 0 amide bonds. The lowest BCUT2D eigenvalue weighted by atomic mass is 9.94. The van der Waals surface area contributed by atoms with Gasteiger partial charge in [-0.15, -0.1) is 0 Å². The summed E-state index contributed by atoms with van der Waals surface area (Å²) in [6, 6.07) is 5.83. The van der Waals surface area contributed by atoms with E-state index in [0.717, 1.165) is 29.8 Å². The second-order valence-corrected chi connectivity index (χ2v) is 5.95. The molecule has 2 aliphatic rings. The fraction of sp³-hybridized carbons (Fsp3) is 0.500. The number of halogens is 1. The highest BCUT2D eigenvalue weighted by Crippen LogP contribution is 2.34. The Morgan fingerprint density at radius 3 is 2.77 bits per heavy atom. The lowest BCUT2D eigenvalue weighted by Gasteiger charge is -2.25. The van der Waals surface area contributed by atoms with Crippen LogP contribution in [-0.2, 0) is 9.47 Å². The van der Waals surface area contributed by atoms with Crippen molar-refractivity contribution < 1.29 is 9.47 Å². The number of hydrazone groups is 1. The number of methoxy groups -OCH3 is 2.